The van der Waals surface area contributed by atoms with Gasteiger partial charge >= 0.3 is 0 Å². The van der Waals surface area contributed by atoms with E-state index in [-0.39, 0.29) is 11.8 Å². The van der Waals surface area contributed by atoms with Gasteiger partial charge in [0.1, 0.15) is 5.52 Å². The number of pyridine rings is 3. The first-order valence-electron chi connectivity index (χ1n) is 8.10. The highest BCUT2D eigenvalue weighted by atomic mass is 14.8. The molecule has 5 nitrogen and oxygen atoms in total. The number of hydrogen-bond acceptors (Lipinski definition) is 5. The third-order valence-electron chi connectivity index (χ3n) is 4.65. The number of nitrogens with two attached hydrogens (primary N) is 1. The Morgan fingerprint density at radius 1 is 1.33 bits per heavy atom. The number of fused-ring (bicyclic) bond motifs is 1. The van der Waals surface area contributed by atoms with E-state index < -0.39 is 0 Å². The molecule has 0 radical (unpaired) electrons. The third kappa shape index (κ3) is 2.37. The molecule has 1 aliphatic carbocycles. The largest absolute Gasteiger partial charge is 0.397 e. The molecule has 4 rings (SSSR count). The highest BCUT2D eigenvalue weighted by Gasteiger charge is 2.38. The van der Waals surface area contributed by atoms with Crippen LogP contribution in [-0.4, -0.2) is 15.0 Å². The van der Waals surface area contributed by atoms with Crippen molar-refractivity contribution < 1.29 is 0 Å². The predicted octanol–water partition coefficient (Wildman–Crippen LogP) is 3.46. The Morgan fingerprint density at radius 3 is 2.96 bits per heavy atom. The standard InChI is InChI=1S/C19H17N5/c1-2-11-3-4-22-10-15(11)17-7-16(21)19-18(24-17)6-13(9-23-19)14-5-12(14)8-20/h3-4,6-7,9-10,12,14H,2,5H2,1H3,(H2,21,24). The zero-order valence-electron chi connectivity index (χ0n) is 13.4. The summed E-state index contributed by atoms with van der Waals surface area (Å²) in [6.45, 7) is 2.11. The minimum Gasteiger partial charge on any atom is -0.397 e. The van der Waals surface area contributed by atoms with Crippen molar-refractivity contribution in [1.29, 1.82) is 5.26 Å². The first kappa shape index (κ1) is 14.6. The molecule has 3 aromatic rings. The highest BCUT2D eigenvalue weighted by molar-refractivity contribution is 5.89. The fourth-order valence-electron chi connectivity index (χ4n) is 3.16. The quantitative estimate of drug-likeness (QED) is 0.799. The molecule has 5 heteroatoms. The molecule has 118 valence electrons. The van der Waals surface area contributed by atoms with Gasteiger partial charge in [-0.2, -0.15) is 5.26 Å². The number of nitriles is 1. The van der Waals surface area contributed by atoms with Crippen molar-refractivity contribution in [2.75, 3.05) is 5.73 Å². The van der Waals surface area contributed by atoms with Crippen LogP contribution in [0.4, 0.5) is 5.69 Å². The molecule has 1 fully saturated rings. The van der Waals surface area contributed by atoms with Gasteiger partial charge in [0, 0.05) is 30.1 Å². The van der Waals surface area contributed by atoms with E-state index in [0.717, 1.165) is 35.2 Å². The maximum absolute atomic E-state index is 9.03. The van der Waals surface area contributed by atoms with Crippen molar-refractivity contribution in [3.8, 4) is 17.3 Å². The predicted molar refractivity (Wildman–Crippen MR) is 93.0 cm³/mol. The molecule has 3 heterocycles. The van der Waals surface area contributed by atoms with Crippen LogP contribution in [0.5, 0.6) is 0 Å². The molecule has 0 aromatic carbocycles. The minimum absolute atomic E-state index is 0.106. The van der Waals surface area contributed by atoms with Crippen molar-refractivity contribution in [2.45, 2.75) is 25.7 Å². The molecular weight excluding hydrogens is 298 g/mol. The summed E-state index contributed by atoms with van der Waals surface area (Å²) in [5, 5.41) is 9.03. The number of aryl methyl sites for hydroxylation is 1. The second kappa shape index (κ2) is 5.57. The van der Waals surface area contributed by atoms with E-state index >= 15 is 0 Å². The van der Waals surface area contributed by atoms with E-state index in [4.69, 9.17) is 16.0 Å². The summed E-state index contributed by atoms with van der Waals surface area (Å²) >= 11 is 0. The number of rotatable bonds is 3. The SMILES string of the molecule is CCc1ccncc1-c1cc(N)c2ncc(C3CC3C#N)cc2n1. The summed E-state index contributed by atoms with van der Waals surface area (Å²) in [7, 11) is 0. The van der Waals surface area contributed by atoms with Gasteiger partial charge in [-0.25, -0.2) is 4.98 Å². The number of nitrogens with zero attached hydrogens (tertiary/aromatic N) is 4. The van der Waals surface area contributed by atoms with Crippen LogP contribution in [0.2, 0.25) is 0 Å². The Bertz CT molecular complexity index is 973. The van der Waals surface area contributed by atoms with Crippen LogP contribution < -0.4 is 5.73 Å². The zero-order chi connectivity index (χ0) is 16.7. The molecule has 0 spiro atoms. The van der Waals surface area contributed by atoms with Crippen molar-refractivity contribution in [3.05, 3.63) is 47.9 Å². The van der Waals surface area contributed by atoms with Gasteiger partial charge in [0.25, 0.3) is 0 Å². The van der Waals surface area contributed by atoms with Gasteiger partial charge in [-0.1, -0.05) is 6.92 Å². The summed E-state index contributed by atoms with van der Waals surface area (Å²) in [5.74, 6) is 0.387. The Kier molecular flexibility index (Phi) is 3.39. The Hall–Kier alpha value is -3.00. The van der Waals surface area contributed by atoms with Crippen molar-refractivity contribution in [3.63, 3.8) is 0 Å². The number of aromatic nitrogens is 3. The van der Waals surface area contributed by atoms with Crippen molar-refractivity contribution in [1.82, 2.24) is 15.0 Å². The number of anilines is 1. The lowest BCUT2D eigenvalue weighted by Gasteiger charge is -2.10. The molecule has 0 aliphatic heterocycles. The average molecular weight is 315 g/mol. The smallest absolute Gasteiger partial charge is 0.112 e. The summed E-state index contributed by atoms with van der Waals surface area (Å²) in [6.07, 6.45) is 7.25. The molecule has 1 saturated carbocycles. The molecule has 2 atom stereocenters. The molecule has 1 aliphatic rings. The zero-order valence-corrected chi connectivity index (χ0v) is 13.4. The summed E-state index contributed by atoms with van der Waals surface area (Å²) in [5.41, 5.74) is 12.4. The van der Waals surface area contributed by atoms with Crippen LogP contribution >= 0.6 is 0 Å². The van der Waals surface area contributed by atoms with Gasteiger partial charge in [-0.05, 0) is 42.2 Å². The van der Waals surface area contributed by atoms with E-state index in [1.807, 2.05) is 30.6 Å². The van der Waals surface area contributed by atoms with Crippen LogP contribution in [0, 0.1) is 17.2 Å². The maximum Gasteiger partial charge on any atom is 0.112 e. The topological polar surface area (TPSA) is 88.5 Å². The van der Waals surface area contributed by atoms with E-state index in [1.165, 1.54) is 5.56 Å². The third-order valence-corrected chi connectivity index (χ3v) is 4.65. The van der Waals surface area contributed by atoms with E-state index in [9.17, 15) is 0 Å². The van der Waals surface area contributed by atoms with Crippen molar-refractivity contribution >= 4 is 16.7 Å². The summed E-state index contributed by atoms with van der Waals surface area (Å²) < 4.78 is 0. The van der Waals surface area contributed by atoms with E-state index in [0.29, 0.717) is 11.2 Å². The van der Waals surface area contributed by atoms with E-state index in [2.05, 4.69) is 23.0 Å². The molecule has 3 aromatic heterocycles. The van der Waals surface area contributed by atoms with Crippen LogP contribution in [0.3, 0.4) is 0 Å². The highest BCUT2D eigenvalue weighted by Crippen LogP contribution is 2.47. The molecule has 24 heavy (non-hydrogen) atoms. The van der Waals surface area contributed by atoms with Gasteiger partial charge < -0.3 is 5.73 Å². The normalized spacial score (nSPS) is 19.2. The first-order chi connectivity index (χ1) is 11.7. The van der Waals surface area contributed by atoms with Gasteiger partial charge in [-0.15, -0.1) is 0 Å². The number of nitrogen functional groups attached to an aromatic ring is 1. The van der Waals surface area contributed by atoms with Crippen LogP contribution in [0.15, 0.2) is 36.8 Å². The fourth-order valence-corrected chi connectivity index (χ4v) is 3.16. The Morgan fingerprint density at radius 2 is 2.21 bits per heavy atom. The van der Waals surface area contributed by atoms with Crippen LogP contribution in [0.25, 0.3) is 22.3 Å². The Balaban J connectivity index is 1.85. The first-order valence-corrected chi connectivity index (χ1v) is 8.10. The lowest BCUT2D eigenvalue weighted by atomic mass is 10.0. The molecule has 0 amide bonds. The van der Waals surface area contributed by atoms with Gasteiger partial charge in [0.15, 0.2) is 0 Å². The van der Waals surface area contributed by atoms with E-state index in [1.54, 1.807) is 6.20 Å². The number of hydrogen-bond donors (Lipinski definition) is 1. The molecule has 2 unspecified atom stereocenters. The molecule has 0 bridgehead atoms. The average Bonchev–Trinajstić information content (AvgIpc) is 3.41. The van der Waals surface area contributed by atoms with Gasteiger partial charge in [0.2, 0.25) is 0 Å². The summed E-state index contributed by atoms with van der Waals surface area (Å²) in [4.78, 5) is 13.5. The molecule has 2 N–H and O–H groups in total. The minimum atomic E-state index is 0.106. The molecule has 0 saturated heterocycles. The van der Waals surface area contributed by atoms with Crippen LogP contribution in [0.1, 0.15) is 30.4 Å². The summed E-state index contributed by atoms with van der Waals surface area (Å²) in [6, 6.07) is 8.21. The maximum atomic E-state index is 9.03. The van der Waals surface area contributed by atoms with Crippen LogP contribution in [-0.2, 0) is 6.42 Å². The molecular formula is C19H17N5. The fraction of sp³-hybridized carbons (Fsp3) is 0.263. The lowest BCUT2D eigenvalue weighted by molar-refractivity contribution is 1.01. The van der Waals surface area contributed by atoms with Gasteiger partial charge in [-0.3, -0.25) is 9.97 Å². The Labute approximate surface area is 140 Å². The monoisotopic (exact) mass is 315 g/mol. The lowest BCUT2D eigenvalue weighted by Crippen LogP contribution is -1.98. The second-order valence-electron chi connectivity index (χ2n) is 6.20. The second-order valence-corrected chi connectivity index (χ2v) is 6.20. The van der Waals surface area contributed by atoms with Crippen molar-refractivity contribution in [2.24, 2.45) is 5.92 Å². The van der Waals surface area contributed by atoms with Gasteiger partial charge in [0.05, 0.1) is 28.9 Å².